The normalized spacial score (nSPS) is 16.4. The number of hydrogen-bond acceptors (Lipinski definition) is 9. The molecule has 3 aromatic heterocycles. The van der Waals surface area contributed by atoms with E-state index in [1.54, 1.807) is 22.7 Å². The molecule has 5 heterocycles. The Hall–Kier alpha value is -2.52. The van der Waals surface area contributed by atoms with Gasteiger partial charge in [0.05, 0.1) is 23.4 Å². The standard InChI is InChI=1S/C18H19N7S2/c1-3-12(14-10-26-18(23-14)24-17-19-6-2-7-20-17)22-16(4-1)25-8-5-13-15(9-25)27-11-21-13/h1,3-4,10-11H,2,5-9H2,(H2,19,20,23,24). The Labute approximate surface area is 165 Å². The van der Waals surface area contributed by atoms with Gasteiger partial charge in [0.1, 0.15) is 11.5 Å². The molecule has 9 heteroatoms. The fourth-order valence-electron chi connectivity index (χ4n) is 3.22. The van der Waals surface area contributed by atoms with Crippen LogP contribution in [0, 0.1) is 0 Å². The fourth-order valence-corrected chi connectivity index (χ4v) is 4.76. The van der Waals surface area contributed by atoms with E-state index in [-0.39, 0.29) is 0 Å². The molecule has 3 aromatic rings. The van der Waals surface area contributed by atoms with E-state index in [1.807, 2.05) is 17.0 Å². The van der Waals surface area contributed by atoms with Crippen LogP contribution in [0.4, 0.5) is 10.9 Å². The number of nitrogens with zero attached hydrogens (tertiary/aromatic N) is 5. The van der Waals surface area contributed by atoms with Crippen molar-refractivity contribution in [2.45, 2.75) is 19.4 Å². The van der Waals surface area contributed by atoms with Gasteiger partial charge in [0.2, 0.25) is 0 Å². The molecule has 0 unspecified atom stereocenters. The first-order valence-corrected chi connectivity index (χ1v) is 10.8. The first-order chi connectivity index (χ1) is 13.3. The number of thiazole rings is 2. The maximum absolute atomic E-state index is 4.86. The van der Waals surface area contributed by atoms with Gasteiger partial charge in [-0.25, -0.2) is 15.0 Å². The van der Waals surface area contributed by atoms with Crippen LogP contribution in [-0.2, 0) is 13.0 Å². The molecule has 0 atom stereocenters. The molecule has 2 aliphatic heterocycles. The molecule has 0 aromatic carbocycles. The maximum Gasteiger partial charge on any atom is 0.197 e. The molecule has 2 N–H and O–H groups in total. The van der Waals surface area contributed by atoms with E-state index in [0.717, 1.165) is 67.3 Å². The summed E-state index contributed by atoms with van der Waals surface area (Å²) in [5.74, 6) is 1.80. The summed E-state index contributed by atoms with van der Waals surface area (Å²) >= 11 is 3.30. The van der Waals surface area contributed by atoms with Gasteiger partial charge in [-0.1, -0.05) is 6.07 Å². The summed E-state index contributed by atoms with van der Waals surface area (Å²) in [6.07, 6.45) is 2.05. The molecule has 0 aliphatic carbocycles. The summed E-state index contributed by atoms with van der Waals surface area (Å²) in [4.78, 5) is 22.1. The van der Waals surface area contributed by atoms with Crippen molar-refractivity contribution in [2.24, 2.45) is 4.99 Å². The zero-order valence-corrected chi connectivity index (χ0v) is 16.3. The smallest absolute Gasteiger partial charge is 0.197 e. The number of aromatic nitrogens is 3. The molecule has 0 bridgehead atoms. The van der Waals surface area contributed by atoms with E-state index in [0.29, 0.717) is 0 Å². The van der Waals surface area contributed by atoms with E-state index in [1.165, 1.54) is 10.6 Å². The van der Waals surface area contributed by atoms with E-state index >= 15 is 0 Å². The Kier molecular flexibility index (Phi) is 4.46. The van der Waals surface area contributed by atoms with Crippen molar-refractivity contribution in [3.63, 3.8) is 0 Å². The lowest BCUT2D eigenvalue weighted by atomic mass is 10.2. The summed E-state index contributed by atoms with van der Waals surface area (Å²) < 4.78 is 0. The van der Waals surface area contributed by atoms with Gasteiger partial charge in [0.25, 0.3) is 0 Å². The van der Waals surface area contributed by atoms with Crippen LogP contribution >= 0.6 is 22.7 Å². The second-order valence-corrected chi connectivity index (χ2v) is 8.25. The van der Waals surface area contributed by atoms with E-state index < -0.39 is 0 Å². The molecule has 7 nitrogen and oxygen atoms in total. The minimum atomic E-state index is 0.803. The predicted molar refractivity (Wildman–Crippen MR) is 111 cm³/mol. The average molecular weight is 398 g/mol. The second-order valence-electron chi connectivity index (χ2n) is 6.45. The Balaban J connectivity index is 1.34. The van der Waals surface area contributed by atoms with E-state index in [4.69, 9.17) is 4.98 Å². The quantitative estimate of drug-likeness (QED) is 0.707. The van der Waals surface area contributed by atoms with E-state index in [2.05, 4.69) is 42.6 Å². The number of aliphatic imine (C=N–C) groups is 1. The highest BCUT2D eigenvalue weighted by atomic mass is 32.1. The van der Waals surface area contributed by atoms with Crippen LogP contribution in [-0.4, -0.2) is 40.5 Å². The summed E-state index contributed by atoms with van der Waals surface area (Å²) in [5, 5.41) is 9.38. The molecule has 0 spiro atoms. The number of rotatable bonds is 3. The monoisotopic (exact) mass is 397 g/mol. The van der Waals surface area contributed by atoms with Gasteiger partial charge in [0, 0.05) is 36.3 Å². The molecule has 0 saturated heterocycles. The van der Waals surface area contributed by atoms with Crippen LogP contribution in [0.5, 0.6) is 0 Å². The highest BCUT2D eigenvalue weighted by Gasteiger charge is 2.20. The maximum atomic E-state index is 4.86. The van der Waals surface area contributed by atoms with Gasteiger partial charge in [-0.15, -0.1) is 22.7 Å². The number of anilines is 2. The van der Waals surface area contributed by atoms with Crippen molar-refractivity contribution in [2.75, 3.05) is 29.9 Å². The lowest BCUT2D eigenvalue weighted by molar-refractivity contribution is 0.719. The molecule has 0 saturated carbocycles. The van der Waals surface area contributed by atoms with Crippen LogP contribution < -0.4 is 15.5 Å². The lowest BCUT2D eigenvalue weighted by Gasteiger charge is -2.27. The number of nitrogens with one attached hydrogen (secondary N) is 2. The summed E-state index contributed by atoms with van der Waals surface area (Å²) in [6.45, 7) is 3.63. The summed E-state index contributed by atoms with van der Waals surface area (Å²) in [7, 11) is 0. The van der Waals surface area contributed by atoms with Crippen molar-refractivity contribution >= 4 is 39.6 Å². The van der Waals surface area contributed by atoms with Crippen molar-refractivity contribution < 1.29 is 0 Å². The number of hydrogen-bond donors (Lipinski definition) is 2. The lowest BCUT2D eigenvalue weighted by Crippen LogP contribution is -2.35. The predicted octanol–water partition coefficient (Wildman–Crippen LogP) is 2.99. The molecular weight excluding hydrogens is 378 g/mol. The average Bonchev–Trinajstić information content (AvgIpc) is 3.38. The molecule has 5 rings (SSSR count). The van der Waals surface area contributed by atoms with Crippen LogP contribution in [0.2, 0.25) is 0 Å². The van der Waals surface area contributed by atoms with Gasteiger partial charge < -0.3 is 15.5 Å². The van der Waals surface area contributed by atoms with Crippen molar-refractivity contribution in [1.82, 2.24) is 20.3 Å². The minimum Gasteiger partial charge on any atom is -0.356 e. The summed E-state index contributed by atoms with van der Waals surface area (Å²) in [6, 6.07) is 6.14. The molecular formula is C18H19N7S2. The van der Waals surface area contributed by atoms with Crippen molar-refractivity contribution in [3.8, 4) is 11.4 Å². The van der Waals surface area contributed by atoms with Crippen LogP contribution in [0.25, 0.3) is 11.4 Å². The Morgan fingerprint density at radius 3 is 3.07 bits per heavy atom. The zero-order valence-electron chi connectivity index (χ0n) is 14.7. The molecule has 2 aliphatic rings. The molecule has 138 valence electrons. The molecule has 0 fully saturated rings. The van der Waals surface area contributed by atoms with Crippen molar-refractivity contribution in [1.29, 1.82) is 0 Å². The highest BCUT2D eigenvalue weighted by Crippen LogP contribution is 2.28. The van der Waals surface area contributed by atoms with Crippen LogP contribution in [0.1, 0.15) is 17.0 Å². The Morgan fingerprint density at radius 2 is 2.15 bits per heavy atom. The number of pyridine rings is 1. The zero-order chi connectivity index (χ0) is 18.1. The first-order valence-electron chi connectivity index (χ1n) is 9.00. The van der Waals surface area contributed by atoms with E-state index in [9.17, 15) is 0 Å². The Morgan fingerprint density at radius 1 is 1.15 bits per heavy atom. The highest BCUT2D eigenvalue weighted by molar-refractivity contribution is 7.14. The van der Waals surface area contributed by atoms with Gasteiger partial charge in [-0.2, -0.15) is 0 Å². The number of fused-ring (bicyclic) bond motifs is 1. The van der Waals surface area contributed by atoms with Crippen LogP contribution in [0.15, 0.2) is 34.1 Å². The largest absolute Gasteiger partial charge is 0.356 e. The molecule has 0 amide bonds. The second kappa shape index (κ2) is 7.24. The molecule has 0 radical (unpaired) electrons. The summed E-state index contributed by atoms with van der Waals surface area (Å²) in [5.41, 5.74) is 4.95. The fraction of sp³-hybridized carbons (Fsp3) is 0.333. The number of guanidine groups is 1. The minimum absolute atomic E-state index is 0.803. The first kappa shape index (κ1) is 16.6. The third-order valence-electron chi connectivity index (χ3n) is 4.63. The topological polar surface area (TPSA) is 78.3 Å². The van der Waals surface area contributed by atoms with Gasteiger partial charge in [-0.05, 0) is 18.6 Å². The van der Waals surface area contributed by atoms with Crippen molar-refractivity contribution in [3.05, 3.63) is 39.7 Å². The van der Waals surface area contributed by atoms with Crippen LogP contribution in [0.3, 0.4) is 0 Å². The van der Waals surface area contributed by atoms with Gasteiger partial charge in [0.15, 0.2) is 11.1 Å². The van der Waals surface area contributed by atoms with Gasteiger partial charge >= 0.3 is 0 Å². The Bertz CT molecular complexity index is 978. The molecule has 27 heavy (non-hydrogen) atoms. The SMILES string of the molecule is c1cc(-c2csc(NC3=NCCCN3)n2)nc(N2CCc3ncsc3C2)c1. The van der Waals surface area contributed by atoms with Gasteiger partial charge in [-0.3, -0.25) is 4.99 Å². The third kappa shape index (κ3) is 3.52. The third-order valence-corrected chi connectivity index (χ3v) is 6.24.